The Balaban J connectivity index is 1.41. The average molecular weight is 456 g/mol. The number of benzene rings is 1. The summed E-state index contributed by atoms with van der Waals surface area (Å²) in [6.07, 6.45) is 6.19. The van der Waals surface area contributed by atoms with E-state index in [0.29, 0.717) is 10.8 Å². The number of methoxy groups -OCH3 is 1. The molecule has 1 aliphatic heterocycles. The zero-order valence-electron chi connectivity index (χ0n) is 17.1. The molecular formula is C22H22ClN5O2S. The maximum Gasteiger partial charge on any atom is 0.191 e. The first-order valence-corrected chi connectivity index (χ1v) is 11.5. The van der Waals surface area contributed by atoms with Gasteiger partial charge in [-0.3, -0.25) is 4.57 Å². The third-order valence-corrected chi connectivity index (χ3v) is 6.51. The average Bonchev–Trinajstić information content (AvgIpc) is 3.52. The Morgan fingerprint density at radius 2 is 2.03 bits per heavy atom. The van der Waals surface area contributed by atoms with Gasteiger partial charge in [-0.1, -0.05) is 23.4 Å². The van der Waals surface area contributed by atoms with Gasteiger partial charge in [0.25, 0.3) is 0 Å². The molecule has 31 heavy (non-hydrogen) atoms. The lowest BCUT2D eigenvalue weighted by Crippen LogP contribution is -2.16. The minimum Gasteiger partial charge on any atom is -0.497 e. The first-order valence-electron chi connectivity index (χ1n) is 10.1. The van der Waals surface area contributed by atoms with Gasteiger partial charge in [-0.15, -0.1) is 10.2 Å². The maximum absolute atomic E-state index is 6.09. The second-order valence-corrected chi connectivity index (χ2v) is 8.79. The van der Waals surface area contributed by atoms with Crippen LogP contribution in [0.3, 0.4) is 0 Å². The van der Waals surface area contributed by atoms with Crippen molar-refractivity contribution in [3.8, 4) is 17.1 Å². The molecule has 0 unspecified atom stereocenters. The fourth-order valence-electron chi connectivity index (χ4n) is 3.73. The quantitative estimate of drug-likeness (QED) is 0.375. The Labute approximate surface area is 189 Å². The standard InChI is InChI=1S/C22H22ClN5O2S/c1-29-18-7-4-15(5-8-18)21-25-26-22(28(21)13-19-3-2-10-30-19)31-14-17-12-27-11-16(23)6-9-20(27)24-17/h4-9,11-12,19H,2-3,10,13-14H2,1H3/t19-/m0/s1. The number of hydrogen-bond donors (Lipinski definition) is 0. The predicted octanol–water partition coefficient (Wildman–Crippen LogP) is 4.73. The van der Waals surface area contributed by atoms with Crippen molar-refractivity contribution in [2.75, 3.05) is 13.7 Å². The molecule has 9 heteroatoms. The van der Waals surface area contributed by atoms with E-state index in [4.69, 9.17) is 21.1 Å². The lowest BCUT2D eigenvalue weighted by atomic mass is 10.2. The van der Waals surface area contributed by atoms with E-state index in [1.165, 1.54) is 0 Å². The zero-order chi connectivity index (χ0) is 21.2. The summed E-state index contributed by atoms with van der Waals surface area (Å²) >= 11 is 7.71. The van der Waals surface area contributed by atoms with Gasteiger partial charge in [-0.2, -0.15) is 0 Å². The Hall–Kier alpha value is -2.55. The summed E-state index contributed by atoms with van der Waals surface area (Å²) in [5, 5.41) is 10.5. The summed E-state index contributed by atoms with van der Waals surface area (Å²) in [4.78, 5) is 4.67. The van der Waals surface area contributed by atoms with Crippen molar-refractivity contribution >= 4 is 29.0 Å². The van der Waals surface area contributed by atoms with Crippen molar-refractivity contribution in [2.24, 2.45) is 0 Å². The number of halogens is 1. The fourth-order valence-corrected chi connectivity index (χ4v) is 4.73. The molecule has 160 valence electrons. The number of aromatic nitrogens is 5. The van der Waals surface area contributed by atoms with Gasteiger partial charge < -0.3 is 13.9 Å². The summed E-state index contributed by atoms with van der Waals surface area (Å²) in [5.74, 6) is 2.34. The van der Waals surface area contributed by atoms with E-state index in [9.17, 15) is 0 Å². The van der Waals surface area contributed by atoms with Gasteiger partial charge in [-0.25, -0.2) is 4.98 Å². The number of pyridine rings is 1. The molecule has 0 radical (unpaired) electrons. The fraction of sp³-hybridized carbons (Fsp3) is 0.318. The van der Waals surface area contributed by atoms with Crippen molar-refractivity contribution in [3.05, 3.63) is 59.5 Å². The van der Waals surface area contributed by atoms with Crippen LogP contribution in [-0.4, -0.2) is 44.0 Å². The molecule has 0 N–H and O–H groups in total. The monoisotopic (exact) mass is 455 g/mol. The number of ether oxygens (including phenoxy) is 2. The Morgan fingerprint density at radius 1 is 1.16 bits per heavy atom. The molecule has 0 aliphatic carbocycles. The Bertz CT molecular complexity index is 1180. The van der Waals surface area contributed by atoms with Crippen LogP contribution in [0.4, 0.5) is 0 Å². The zero-order valence-corrected chi connectivity index (χ0v) is 18.6. The Morgan fingerprint density at radius 3 is 2.81 bits per heavy atom. The summed E-state index contributed by atoms with van der Waals surface area (Å²) in [5.41, 5.74) is 2.84. The van der Waals surface area contributed by atoms with Gasteiger partial charge in [0, 0.05) is 30.3 Å². The van der Waals surface area contributed by atoms with Crippen molar-refractivity contribution in [3.63, 3.8) is 0 Å². The van der Waals surface area contributed by atoms with E-state index >= 15 is 0 Å². The minimum atomic E-state index is 0.185. The van der Waals surface area contributed by atoms with Gasteiger partial charge >= 0.3 is 0 Å². The molecular weight excluding hydrogens is 434 g/mol. The predicted molar refractivity (Wildman–Crippen MR) is 121 cm³/mol. The third-order valence-electron chi connectivity index (χ3n) is 5.29. The first kappa shape index (κ1) is 20.4. The molecule has 0 bridgehead atoms. The summed E-state index contributed by atoms with van der Waals surface area (Å²) in [7, 11) is 1.66. The number of thioether (sulfide) groups is 1. The van der Waals surface area contributed by atoms with Crippen LogP contribution in [0, 0.1) is 0 Å². The van der Waals surface area contributed by atoms with E-state index in [2.05, 4.69) is 19.7 Å². The lowest BCUT2D eigenvalue weighted by Gasteiger charge is -2.14. The Kier molecular flexibility index (Phi) is 5.85. The van der Waals surface area contributed by atoms with Gasteiger partial charge in [0.05, 0.1) is 30.5 Å². The van der Waals surface area contributed by atoms with Crippen LogP contribution in [0.1, 0.15) is 18.5 Å². The maximum atomic E-state index is 6.09. The van der Waals surface area contributed by atoms with Gasteiger partial charge in [0.1, 0.15) is 11.4 Å². The molecule has 1 saturated heterocycles. The number of imidazole rings is 1. The highest BCUT2D eigenvalue weighted by atomic mass is 35.5. The molecule has 1 fully saturated rings. The topological polar surface area (TPSA) is 66.5 Å². The normalized spacial score (nSPS) is 16.3. The molecule has 0 spiro atoms. The largest absolute Gasteiger partial charge is 0.497 e. The summed E-state index contributed by atoms with van der Waals surface area (Å²) < 4.78 is 15.3. The molecule has 1 aliphatic rings. The highest BCUT2D eigenvalue weighted by Gasteiger charge is 2.22. The summed E-state index contributed by atoms with van der Waals surface area (Å²) in [6, 6.07) is 11.7. The van der Waals surface area contributed by atoms with E-state index in [-0.39, 0.29) is 6.10 Å². The molecule has 5 rings (SSSR count). The van der Waals surface area contributed by atoms with Crippen LogP contribution in [0.5, 0.6) is 5.75 Å². The van der Waals surface area contributed by atoms with Crippen LogP contribution >= 0.6 is 23.4 Å². The van der Waals surface area contributed by atoms with Gasteiger partial charge in [0.2, 0.25) is 0 Å². The van der Waals surface area contributed by atoms with Crippen molar-refractivity contribution in [1.29, 1.82) is 0 Å². The number of fused-ring (bicyclic) bond motifs is 1. The number of rotatable bonds is 7. The molecule has 1 atom stereocenters. The van der Waals surface area contributed by atoms with E-state index < -0.39 is 0 Å². The van der Waals surface area contributed by atoms with E-state index in [1.54, 1.807) is 18.9 Å². The van der Waals surface area contributed by atoms with E-state index in [1.807, 2.05) is 53.2 Å². The SMILES string of the molecule is COc1ccc(-c2nnc(SCc3cn4cc(Cl)ccc4n3)n2C[C@@H]2CCCO2)cc1. The third kappa shape index (κ3) is 4.42. The van der Waals surface area contributed by atoms with Crippen LogP contribution in [0.25, 0.3) is 17.0 Å². The second-order valence-electron chi connectivity index (χ2n) is 7.41. The van der Waals surface area contributed by atoms with E-state index in [0.717, 1.165) is 59.6 Å². The lowest BCUT2D eigenvalue weighted by molar-refractivity contribution is 0.0953. The molecule has 1 aromatic carbocycles. The molecule has 0 saturated carbocycles. The molecule has 4 aromatic rings. The second kappa shape index (κ2) is 8.90. The van der Waals surface area contributed by atoms with Crippen molar-refractivity contribution in [2.45, 2.75) is 36.4 Å². The smallest absolute Gasteiger partial charge is 0.191 e. The van der Waals surface area contributed by atoms with Crippen molar-refractivity contribution < 1.29 is 9.47 Å². The molecule has 3 aromatic heterocycles. The van der Waals surface area contributed by atoms with Crippen LogP contribution < -0.4 is 4.74 Å². The summed E-state index contributed by atoms with van der Waals surface area (Å²) in [6.45, 7) is 1.55. The number of nitrogens with zero attached hydrogens (tertiary/aromatic N) is 5. The van der Waals surface area contributed by atoms with Gasteiger partial charge in [-0.05, 0) is 49.2 Å². The number of hydrogen-bond acceptors (Lipinski definition) is 6. The van der Waals surface area contributed by atoms with Crippen LogP contribution in [-0.2, 0) is 17.0 Å². The highest BCUT2D eigenvalue weighted by Crippen LogP contribution is 2.29. The van der Waals surface area contributed by atoms with Crippen LogP contribution in [0.15, 0.2) is 53.9 Å². The highest BCUT2D eigenvalue weighted by molar-refractivity contribution is 7.98. The van der Waals surface area contributed by atoms with Gasteiger partial charge in [0.15, 0.2) is 11.0 Å². The van der Waals surface area contributed by atoms with Crippen LogP contribution in [0.2, 0.25) is 5.02 Å². The first-order chi connectivity index (χ1) is 15.2. The molecule has 0 amide bonds. The minimum absolute atomic E-state index is 0.185. The van der Waals surface area contributed by atoms with Crippen molar-refractivity contribution in [1.82, 2.24) is 24.1 Å². The molecule has 7 nitrogen and oxygen atoms in total. The molecule has 4 heterocycles.